The average Bonchev–Trinajstić information content (AvgIpc) is 2.58. The zero-order chi connectivity index (χ0) is 20.9. The number of fused-ring (bicyclic) bond motifs is 1. The molecule has 2 N–H and O–H groups in total. The van der Waals surface area contributed by atoms with E-state index >= 15 is 0 Å². The van der Waals surface area contributed by atoms with Crippen LogP contribution in [0.1, 0.15) is 0 Å². The molecule has 1 aromatic carbocycles. The van der Waals surface area contributed by atoms with E-state index in [1.165, 1.54) is 29.2 Å². The smallest absolute Gasteiger partial charge is 0.327 e. The quantitative estimate of drug-likeness (QED) is 0.370. The molecule has 0 spiro atoms. The Kier molecular flexibility index (Phi) is 5.58. The van der Waals surface area contributed by atoms with Crippen LogP contribution in [-0.2, 0) is 24.5 Å². The number of aliphatic carboxylic acids is 1. The van der Waals surface area contributed by atoms with E-state index in [-0.39, 0.29) is 23.0 Å². The van der Waals surface area contributed by atoms with Gasteiger partial charge in [0.15, 0.2) is 10.6 Å². The zero-order valence-electron chi connectivity index (χ0n) is 14.0. The molecule has 2 fully saturated rings. The number of carboxylic acid groups (broad SMARTS) is 1. The van der Waals surface area contributed by atoms with Crippen LogP contribution >= 0.6 is 35.0 Å². The van der Waals surface area contributed by atoms with Crippen molar-refractivity contribution in [3.63, 3.8) is 0 Å². The predicted molar refractivity (Wildman–Crippen MR) is 103 cm³/mol. The molecule has 3 rings (SSSR count). The van der Waals surface area contributed by atoms with Gasteiger partial charge in [-0.15, -0.1) is 23.4 Å². The second-order valence-electron chi connectivity index (χ2n) is 6.35. The summed E-state index contributed by atoms with van der Waals surface area (Å²) >= 11 is 13.1. The molecule has 13 heteroatoms. The summed E-state index contributed by atoms with van der Waals surface area (Å²) in [5.74, 6) is -4.07. The van der Waals surface area contributed by atoms with Crippen LogP contribution in [0.15, 0.2) is 24.3 Å². The van der Waals surface area contributed by atoms with Gasteiger partial charge in [-0.3, -0.25) is 23.8 Å². The van der Waals surface area contributed by atoms with Crippen molar-refractivity contribution in [1.29, 1.82) is 0 Å². The highest BCUT2D eigenvalue weighted by Crippen LogP contribution is 2.44. The monoisotopic (exact) mass is 468 g/mol. The molecule has 2 saturated heterocycles. The van der Waals surface area contributed by atoms with Crippen molar-refractivity contribution in [3.8, 4) is 0 Å². The van der Waals surface area contributed by atoms with Gasteiger partial charge in [0.1, 0.15) is 11.4 Å². The predicted octanol–water partition coefficient (Wildman–Crippen LogP) is 0.907. The molecule has 2 amide bonds. The fraction of sp³-hybridized carbons (Fsp3) is 0.400. The number of hydrogen-bond acceptors (Lipinski definition) is 6. The first-order chi connectivity index (χ1) is 12.9. The van der Waals surface area contributed by atoms with E-state index in [1.54, 1.807) is 0 Å². The van der Waals surface area contributed by atoms with Crippen molar-refractivity contribution in [2.24, 2.45) is 0 Å². The van der Waals surface area contributed by atoms with Gasteiger partial charge in [0.2, 0.25) is 11.8 Å². The maximum Gasteiger partial charge on any atom is 0.327 e. The number of hydrogen-bond donors (Lipinski definition) is 2. The number of carbonyl (C=O) groups excluding carboxylic acids is 2. The summed E-state index contributed by atoms with van der Waals surface area (Å²) < 4.78 is 31.4. The molecule has 9 nitrogen and oxygen atoms in total. The first-order valence-corrected chi connectivity index (χ1v) is 11.2. The Bertz CT molecular complexity index is 957. The molecule has 0 bridgehead atoms. The number of nitrogens with zero attached hydrogens (tertiary/aromatic N) is 2. The number of carbonyl (C=O) groups is 3. The summed E-state index contributed by atoms with van der Waals surface area (Å²) in [7, 11) is -4.64. The summed E-state index contributed by atoms with van der Waals surface area (Å²) in [6.45, 7) is -0.243. The second-order valence-corrected chi connectivity index (χ2v) is 10.1. The summed E-state index contributed by atoms with van der Waals surface area (Å²) in [5, 5.41) is 8.90. The van der Waals surface area contributed by atoms with E-state index in [0.29, 0.717) is 0 Å². The molecule has 2 heterocycles. The standard InChI is InChI=1S/C15H14Cl2N2O7S2/c16-8-2-1-3-9(4-8)19(10(20)5-28(24,25)26)11-12(21)18-6-15(17,14(22)23)7-27-13(11)18/h1-4,11,13H,5-7H2,(H,22,23)(H,24,25,26)/t11?,13-,15?/m1/s1. The normalized spacial score (nSPS) is 27.0. The van der Waals surface area contributed by atoms with Gasteiger partial charge in [-0.2, -0.15) is 8.42 Å². The van der Waals surface area contributed by atoms with Crippen LogP contribution in [-0.4, -0.2) is 75.1 Å². The van der Waals surface area contributed by atoms with Crippen molar-refractivity contribution in [2.45, 2.75) is 16.3 Å². The Balaban J connectivity index is 1.93. The second kappa shape index (κ2) is 7.38. The molecule has 0 radical (unpaired) electrons. The van der Waals surface area contributed by atoms with E-state index < -0.39 is 49.9 Å². The van der Waals surface area contributed by atoms with Crippen molar-refractivity contribution in [1.82, 2.24) is 4.90 Å². The van der Waals surface area contributed by atoms with Crippen LogP contribution in [0, 0.1) is 0 Å². The molecule has 3 atom stereocenters. The molecule has 2 aliphatic rings. The molecule has 0 saturated carbocycles. The highest BCUT2D eigenvalue weighted by molar-refractivity contribution is 8.00. The lowest BCUT2D eigenvalue weighted by Gasteiger charge is -2.55. The number of amides is 2. The van der Waals surface area contributed by atoms with Crippen LogP contribution in [0.3, 0.4) is 0 Å². The van der Waals surface area contributed by atoms with Crippen LogP contribution in [0.25, 0.3) is 0 Å². The van der Waals surface area contributed by atoms with E-state index in [2.05, 4.69) is 0 Å². The maximum atomic E-state index is 12.7. The number of benzene rings is 1. The molecule has 0 aromatic heterocycles. The van der Waals surface area contributed by atoms with Crippen LogP contribution < -0.4 is 4.90 Å². The van der Waals surface area contributed by atoms with Crippen molar-refractivity contribution in [3.05, 3.63) is 29.3 Å². The third kappa shape index (κ3) is 3.94. The van der Waals surface area contributed by atoms with Crippen molar-refractivity contribution < 1.29 is 32.5 Å². The molecule has 0 aliphatic carbocycles. The van der Waals surface area contributed by atoms with Gasteiger partial charge in [0, 0.05) is 16.5 Å². The van der Waals surface area contributed by atoms with Gasteiger partial charge in [0.25, 0.3) is 10.1 Å². The van der Waals surface area contributed by atoms with Gasteiger partial charge < -0.3 is 10.0 Å². The highest BCUT2D eigenvalue weighted by atomic mass is 35.5. The Labute approximate surface area is 174 Å². The molecule has 28 heavy (non-hydrogen) atoms. The van der Waals surface area contributed by atoms with Gasteiger partial charge >= 0.3 is 5.97 Å². The molecule has 2 aliphatic heterocycles. The summed E-state index contributed by atoms with van der Waals surface area (Å²) in [6.07, 6.45) is 0. The van der Waals surface area contributed by atoms with Gasteiger partial charge in [0.05, 0.1) is 6.54 Å². The summed E-state index contributed by atoms with van der Waals surface area (Å²) in [5.41, 5.74) is 0.181. The van der Waals surface area contributed by atoms with Crippen molar-refractivity contribution >= 4 is 68.6 Å². The fourth-order valence-corrected chi connectivity index (χ4v) is 5.45. The lowest BCUT2D eigenvalue weighted by Crippen LogP contribution is -2.75. The summed E-state index contributed by atoms with van der Waals surface area (Å²) in [4.78, 5) is 37.2. The SMILES string of the molecule is O=C(CS(=O)(=O)O)N(c1cccc(Cl)c1)C1C(=O)N2CC(Cl)(C(=O)O)CS[C@H]12. The Hall–Kier alpha value is -1.53. The molecule has 2 unspecified atom stereocenters. The van der Waals surface area contributed by atoms with Gasteiger partial charge in [-0.1, -0.05) is 17.7 Å². The third-order valence-electron chi connectivity index (χ3n) is 4.34. The largest absolute Gasteiger partial charge is 0.480 e. The van der Waals surface area contributed by atoms with Crippen LogP contribution in [0.5, 0.6) is 0 Å². The number of alkyl halides is 1. The minimum Gasteiger partial charge on any atom is -0.480 e. The lowest BCUT2D eigenvalue weighted by atomic mass is 10.00. The van der Waals surface area contributed by atoms with Crippen molar-refractivity contribution in [2.75, 3.05) is 23.0 Å². The molecule has 152 valence electrons. The van der Waals surface area contributed by atoms with Crippen LogP contribution in [0.4, 0.5) is 5.69 Å². The minimum atomic E-state index is -4.64. The first-order valence-electron chi connectivity index (χ1n) is 7.80. The molecular formula is C15H14Cl2N2O7S2. The minimum absolute atomic E-state index is 0.00922. The van der Waals surface area contributed by atoms with Gasteiger partial charge in [-0.05, 0) is 18.2 Å². The summed E-state index contributed by atoms with van der Waals surface area (Å²) in [6, 6.07) is 4.84. The number of anilines is 1. The van der Waals surface area contributed by atoms with E-state index in [9.17, 15) is 27.9 Å². The van der Waals surface area contributed by atoms with Gasteiger partial charge in [-0.25, -0.2) is 0 Å². The Morgan fingerprint density at radius 1 is 1.39 bits per heavy atom. The number of halogens is 2. The maximum absolute atomic E-state index is 12.7. The number of rotatable bonds is 5. The first kappa shape index (κ1) is 21.2. The highest BCUT2D eigenvalue weighted by Gasteiger charge is 2.59. The van der Waals surface area contributed by atoms with E-state index in [4.69, 9.17) is 27.8 Å². The molecule has 1 aromatic rings. The molecular weight excluding hydrogens is 455 g/mol. The van der Waals surface area contributed by atoms with E-state index in [0.717, 1.165) is 16.7 Å². The zero-order valence-corrected chi connectivity index (χ0v) is 17.1. The van der Waals surface area contributed by atoms with E-state index in [1.807, 2.05) is 0 Å². The number of β-lactam (4-membered cyclic amide) rings is 1. The Morgan fingerprint density at radius 3 is 2.64 bits per heavy atom. The fourth-order valence-electron chi connectivity index (χ4n) is 3.07. The lowest BCUT2D eigenvalue weighted by molar-refractivity contribution is -0.150. The number of carboxylic acids is 1. The topological polar surface area (TPSA) is 132 Å². The Morgan fingerprint density at radius 2 is 2.07 bits per heavy atom. The third-order valence-corrected chi connectivity index (χ3v) is 7.27. The van der Waals surface area contributed by atoms with Crippen LogP contribution in [0.2, 0.25) is 5.02 Å². The average molecular weight is 469 g/mol. The number of thioether (sulfide) groups is 1.